The smallest absolute Gasteiger partial charge is 0.350 e. The van der Waals surface area contributed by atoms with Crippen LogP contribution in [0, 0.1) is 5.92 Å². The molecular weight excluding hydrogens is 635 g/mol. The van der Waals surface area contributed by atoms with Gasteiger partial charge in [-0.2, -0.15) is 0 Å². The van der Waals surface area contributed by atoms with Gasteiger partial charge in [0, 0.05) is 45.4 Å². The zero-order chi connectivity index (χ0) is 32.7. The number of carbonyl (C=O) groups excluding carboxylic acids is 2. The Bertz CT molecular complexity index is 1130. The van der Waals surface area contributed by atoms with Crippen molar-refractivity contribution < 1.29 is 33.5 Å². The highest BCUT2D eigenvalue weighted by Gasteiger charge is 2.64. The van der Waals surface area contributed by atoms with Crippen LogP contribution in [0.4, 0.5) is 0 Å². The van der Waals surface area contributed by atoms with Crippen molar-refractivity contribution in [3.05, 3.63) is 12.2 Å². The van der Waals surface area contributed by atoms with Gasteiger partial charge < -0.3 is 24.2 Å². The summed E-state index contributed by atoms with van der Waals surface area (Å²) in [5, 5.41) is 17.9. The lowest BCUT2D eigenvalue weighted by Gasteiger charge is -2.50. The molecule has 0 aromatic rings. The number of guanidine groups is 1. The number of aliphatic hydroxyl groups is 1. The maximum Gasteiger partial charge on any atom is 0.350 e. The minimum atomic E-state index is -0.913. The molecule has 2 spiro atoms. The number of carbonyl (C=O) groups is 2. The molecular formula is C32H53Cl2N6O6+. The molecule has 0 aromatic carbocycles. The molecule has 2 saturated heterocycles. The van der Waals surface area contributed by atoms with Gasteiger partial charge in [0.2, 0.25) is 11.6 Å². The summed E-state index contributed by atoms with van der Waals surface area (Å²) in [5.74, 6) is -0.184. The van der Waals surface area contributed by atoms with Crippen molar-refractivity contribution in [2.45, 2.75) is 133 Å². The van der Waals surface area contributed by atoms with E-state index in [9.17, 15) is 14.7 Å². The molecule has 260 valence electrons. The van der Waals surface area contributed by atoms with Crippen molar-refractivity contribution in [3.8, 4) is 0 Å². The first-order valence-electron chi connectivity index (χ1n) is 17.3. The fraction of sp³-hybridized carbons (Fsp3) is 0.844. The first-order chi connectivity index (χ1) is 22.2. The SMILES string of the molecule is CC[C@H]1C=CCC[C@@]2(C[C@@H]3CC[C@@H]4C(C(=O)OCCC(=O)N(CCCNCl)C[C@@H](O)CCNCl)[C@]5(CCC[C@@H](C)O5)NC(=[N+]34)N2)O1. The molecule has 2 fully saturated rings. The quantitative estimate of drug-likeness (QED) is 0.0610. The van der Waals surface area contributed by atoms with Crippen LogP contribution in [-0.2, 0) is 23.8 Å². The number of hydrogen-bond donors (Lipinski definition) is 5. The van der Waals surface area contributed by atoms with Gasteiger partial charge in [-0.1, -0.05) is 19.1 Å². The second-order valence-electron chi connectivity index (χ2n) is 13.5. The summed E-state index contributed by atoms with van der Waals surface area (Å²) in [7, 11) is 0. The van der Waals surface area contributed by atoms with E-state index >= 15 is 0 Å². The van der Waals surface area contributed by atoms with Gasteiger partial charge in [0.05, 0.1) is 36.8 Å². The number of esters is 1. The molecule has 5 aliphatic rings. The Kier molecular flexibility index (Phi) is 12.5. The number of rotatable bonds is 14. The molecule has 12 nitrogen and oxygen atoms in total. The molecule has 0 aromatic heterocycles. The van der Waals surface area contributed by atoms with E-state index < -0.39 is 23.5 Å². The van der Waals surface area contributed by atoms with Crippen molar-refractivity contribution in [2.75, 3.05) is 32.8 Å². The predicted molar refractivity (Wildman–Crippen MR) is 175 cm³/mol. The number of aliphatic hydroxyl groups excluding tert-OH is 1. The Morgan fingerprint density at radius 3 is 2.78 bits per heavy atom. The van der Waals surface area contributed by atoms with Crippen LogP contribution in [0.2, 0.25) is 0 Å². The highest BCUT2D eigenvalue weighted by molar-refractivity contribution is 6.13. The highest BCUT2D eigenvalue weighted by Crippen LogP contribution is 2.45. The van der Waals surface area contributed by atoms with Crippen molar-refractivity contribution in [2.24, 2.45) is 5.92 Å². The first kappa shape index (κ1) is 35.6. The maximum atomic E-state index is 14.1. The van der Waals surface area contributed by atoms with Gasteiger partial charge in [0.15, 0.2) is 11.6 Å². The second kappa shape index (κ2) is 16.2. The lowest BCUT2D eigenvalue weighted by molar-refractivity contribution is -0.609. The summed E-state index contributed by atoms with van der Waals surface area (Å²) in [6, 6.07) is 0.145. The van der Waals surface area contributed by atoms with Gasteiger partial charge in [0.25, 0.3) is 0 Å². The lowest BCUT2D eigenvalue weighted by atomic mass is 9.80. The van der Waals surface area contributed by atoms with Crippen LogP contribution in [0.1, 0.15) is 90.9 Å². The summed E-state index contributed by atoms with van der Waals surface area (Å²) < 4.78 is 21.7. The van der Waals surface area contributed by atoms with E-state index in [0.717, 1.165) is 57.3 Å². The number of nitrogens with zero attached hydrogens (tertiary/aromatic N) is 2. The molecule has 5 rings (SSSR count). The van der Waals surface area contributed by atoms with Gasteiger partial charge in [-0.3, -0.25) is 14.2 Å². The number of ether oxygens (including phenoxy) is 3. The Balaban J connectivity index is 1.29. The van der Waals surface area contributed by atoms with Gasteiger partial charge >= 0.3 is 11.9 Å². The summed E-state index contributed by atoms with van der Waals surface area (Å²) in [6.07, 6.45) is 12.7. The lowest BCUT2D eigenvalue weighted by Crippen LogP contribution is -2.76. The fourth-order valence-electron chi connectivity index (χ4n) is 8.10. The number of nitrogens with one attached hydrogen (secondary N) is 4. The van der Waals surface area contributed by atoms with Crippen molar-refractivity contribution in [1.29, 1.82) is 0 Å². The number of halogens is 2. The summed E-state index contributed by atoms with van der Waals surface area (Å²) in [6.45, 7) is 5.69. The summed E-state index contributed by atoms with van der Waals surface area (Å²) in [5.41, 5.74) is -1.39. The standard InChI is InChI=1S/C32H52Cl2N6O6/c1-3-25-9-4-5-14-31(46-25)20-23-10-11-26-28(32(15-6-8-22(2)45-32)38-30(37-31)40(23)26)29(43)44-19-13-27(42)39(18-7-16-35-33)21-24(41)12-17-36-34/h4,9,22-26,28,35-36,41H,3,5-8,10-21H2,1-2H3,(H,37,38)/p+1/t22-,23+,24+,25+,26-,28?,31+,32-/m1/s1. The van der Waals surface area contributed by atoms with Crippen molar-refractivity contribution >= 4 is 41.4 Å². The molecule has 0 aliphatic carbocycles. The third-order valence-electron chi connectivity index (χ3n) is 10.2. The van der Waals surface area contributed by atoms with Crippen LogP contribution in [0.15, 0.2) is 12.2 Å². The largest absolute Gasteiger partial charge is 0.465 e. The molecule has 46 heavy (non-hydrogen) atoms. The third kappa shape index (κ3) is 8.13. The van der Waals surface area contributed by atoms with E-state index in [4.69, 9.17) is 37.8 Å². The third-order valence-corrected chi connectivity index (χ3v) is 10.6. The maximum absolute atomic E-state index is 14.1. The van der Waals surface area contributed by atoms with Crippen LogP contribution < -0.4 is 20.3 Å². The summed E-state index contributed by atoms with van der Waals surface area (Å²) in [4.78, 5) is 34.0. The first-order valence-corrected chi connectivity index (χ1v) is 18.0. The van der Waals surface area contributed by atoms with Crippen molar-refractivity contribution in [3.63, 3.8) is 0 Å². The molecule has 8 atom stereocenters. The number of amides is 1. The monoisotopic (exact) mass is 687 g/mol. The van der Waals surface area contributed by atoms with E-state index in [1.807, 2.05) is 0 Å². The number of allylic oxidation sites excluding steroid dienone is 1. The minimum absolute atomic E-state index is 0.0145. The minimum Gasteiger partial charge on any atom is -0.465 e. The average molecular weight is 689 g/mol. The highest BCUT2D eigenvalue weighted by atomic mass is 35.5. The van der Waals surface area contributed by atoms with Gasteiger partial charge in [-0.25, -0.2) is 20.3 Å². The van der Waals surface area contributed by atoms with Crippen molar-refractivity contribution in [1.82, 2.24) is 25.2 Å². The molecule has 0 bridgehead atoms. The van der Waals surface area contributed by atoms with E-state index in [1.54, 1.807) is 4.90 Å². The Morgan fingerprint density at radius 2 is 2.02 bits per heavy atom. The molecule has 5 N–H and O–H groups in total. The van der Waals surface area contributed by atoms with Crippen LogP contribution in [-0.4, -0.2) is 107 Å². The van der Waals surface area contributed by atoms with E-state index in [-0.39, 0.29) is 55.7 Å². The normalized spacial score (nSPS) is 34.1. The molecule has 0 saturated carbocycles. The summed E-state index contributed by atoms with van der Waals surface area (Å²) >= 11 is 11.2. The average Bonchev–Trinajstić information content (AvgIpc) is 3.33. The van der Waals surface area contributed by atoms with Crippen LogP contribution in [0.3, 0.4) is 0 Å². The van der Waals surface area contributed by atoms with Crippen LogP contribution in [0.5, 0.6) is 0 Å². The second-order valence-corrected chi connectivity index (χ2v) is 14.1. The predicted octanol–water partition coefficient (Wildman–Crippen LogP) is 2.62. The van der Waals surface area contributed by atoms with E-state index in [0.29, 0.717) is 38.9 Å². The Hall–Kier alpha value is -1.67. The van der Waals surface area contributed by atoms with Crippen LogP contribution in [0.25, 0.3) is 0 Å². The molecule has 0 radical (unpaired) electrons. The molecule has 5 heterocycles. The Morgan fingerprint density at radius 1 is 1.20 bits per heavy atom. The zero-order valence-electron chi connectivity index (χ0n) is 27.3. The number of hydrogen-bond acceptors (Lipinski definition) is 10. The molecule has 5 aliphatic heterocycles. The van der Waals surface area contributed by atoms with E-state index in [1.165, 1.54) is 0 Å². The molecule has 14 heteroatoms. The van der Waals surface area contributed by atoms with Crippen LogP contribution >= 0.6 is 23.6 Å². The molecule has 1 amide bonds. The zero-order valence-corrected chi connectivity index (χ0v) is 28.8. The van der Waals surface area contributed by atoms with Gasteiger partial charge in [0.1, 0.15) is 6.61 Å². The Labute approximate surface area is 283 Å². The topological polar surface area (TPSA) is 136 Å². The van der Waals surface area contributed by atoms with E-state index in [2.05, 4.69) is 50.9 Å². The fourth-order valence-corrected chi connectivity index (χ4v) is 8.35. The van der Waals surface area contributed by atoms with Gasteiger partial charge in [-0.05, 0) is 81.8 Å². The van der Waals surface area contributed by atoms with Gasteiger partial charge in [-0.15, -0.1) is 0 Å². The molecule has 1 unspecified atom stereocenters.